The lowest BCUT2D eigenvalue weighted by Crippen LogP contribution is -2.15. The standard InChI is InChI=1S/C20H18FN5O4S/c1-2-11-25-18(12-30-17-9-3-14(21)4-10-17)23-24-20(25)31-13-19(27)22-15-5-7-16(8-6-15)26(28)29/h2-10H,1,11-13H2,(H,22,27). The second kappa shape index (κ2) is 10.3. The zero-order valence-electron chi connectivity index (χ0n) is 16.2. The highest BCUT2D eigenvalue weighted by Crippen LogP contribution is 2.20. The van der Waals surface area contributed by atoms with Gasteiger partial charge in [0.2, 0.25) is 5.91 Å². The number of carbonyl (C=O) groups excluding carboxylic acids is 1. The van der Waals surface area contributed by atoms with Crippen molar-refractivity contribution in [2.75, 3.05) is 11.1 Å². The summed E-state index contributed by atoms with van der Waals surface area (Å²) in [5, 5.41) is 22.1. The topological polar surface area (TPSA) is 112 Å². The third-order valence-corrected chi connectivity index (χ3v) is 4.95. The molecule has 2 aromatic carbocycles. The molecule has 0 bridgehead atoms. The molecule has 0 spiro atoms. The van der Waals surface area contributed by atoms with Gasteiger partial charge in [-0.2, -0.15) is 0 Å². The Morgan fingerprint density at radius 1 is 1.23 bits per heavy atom. The molecule has 0 aliphatic heterocycles. The minimum atomic E-state index is -0.509. The molecule has 11 heteroatoms. The monoisotopic (exact) mass is 443 g/mol. The van der Waals surface area contributed by atoms with Crippen LogP contribution in [0, 0.1) is 15.9 Å². The number of allylic oxidation sites excluding steroid dienone is 1. The minimum absolute atomic E-state index is 0.0553. The molecule has 31 heavy (non-hydrogen) atoms. The molecular formula is C20H18FN5O4S. The quantitative estimate of drug-likeness (QED) is 0.219. The van der Waals surface area contributed by atoms with E-state index < -0.39 is 4.92 Å². The number of nitrogens with zero attached hydrogens (tertiary/aromatic N) is 4. The van der Waals surface area contributed by atoms with Crippen LogP contribution in [0.25, 0.3) is 0 Å². The highest BCUT2D eigenvalue weighted by molar-refractivity contribution is 7.99. The third-order valence-electron chi connectivity index (χ3n) is 3.98. The zero-order chi connectivity index (χ0) is 22.2. The third kappa shape index (κ3) is 6.12. The number of thioether (sulfide) groups is 1. The Balaban J connectivity index is 1.58. The van der Waals surface area contributed by atoms with Crippen molar-refractivity contribution in [3.8, 4) is 5.75 Å². The molecule has 0 unspecified atom stereocenters. The van der Waals surface area contributed by atoms with Gasteiger partial charge in [0.1, 0.15) is 18.2 Å². The first-order valence-corrected chi connectivity index (χ1v) is 10.0. The fourth-order valence-electron chi connectivity index (χ4n) is 2.52. The number of nitrogens with one attached hydrogen (secondary N) is 1. The van der Waals surface area contributed by atoms with Gasteiger partial charge in [0.15, 0.2) is 11.0 Å². The van der Waals surface area contributed by atoms with Crippen LogP contribution in [0.4, 0.5) is 15.8 Å². The molecule has 3 rings (SSSR count). The van der Waals surface area contributed by atoms with Gasteiger partial charge in [-0.15, -0.1) is 16.8 Å². The highest BCUT2D eigenvalue weighted by atomic mass is 32.2. The SMILES string of the molecule is C=CCn1c(COc2ccc(F)cc2)nnc1SCC(=O)Nc1ccc([N+](=O)[O-])cc1. The lowest BCUT2D eigenvalue weighted by atomic mass is 10.3. The summed E-state index contributed by atoms with van der Waals surface area (Å²) in [7, 11) is 0. The number of amides is 1. The first-order chi connectivity index (χ1) is 15.0. The Morgan fingerprint density at radius 3 is 2.58 bits per heavy atom. The Labute approximate surface area is 181 Å². The highest BCUT2D eigenvalue weighted by Gasteiger charge is 2.14. The first-order valence-electron chi connectivity index (χ1n) is 9.04. The number of carbonyl (C=O) groups is 1. The maximum atomic E-state index is 13.0. The van der Waals surface area contributed by atoms with Gasteiger partial charge < -0.3 is 10.1 Å². The van der Waals surface area contributed by atoms with Crippen molar-refractivity contribution in [2.24, 2.45) is 0 Å². The summed E-state index contributed by atoms with van der Waals surface area (Å²) in [6, 6.07) is 11.2. The van der Waals surface area contributed by atoms with Crippen LogP contribution >= 0.6 is 11.8 Å². The molecule has 3 aromatic rings. The Hall–Kier alpha value is -3.73. The lowest BCUT2D eigenvalue weighted by molar-refractivity contribution is -0.384. The number of hydrogen-bond donors (Lipinski definition) is 1. The van der Waals surface area contributed by atoms with E-state index in [2.05, 4.69) is 22.1 Å². The van der Waals surface area contributed by atoms with Crippen LogP contribution < -0.4 is 10.1 Å². The number of nitro groups is 1. The van der Waals surface area contributed by atoms with E-state index in [-0.39, 0.29) is 29.8 Å². The summed E-state index contributed by atoms with van der Waals surface area (Å²) in [5.41, 5.74) is 0.400. The molecule has 0 saturated carbocycles. The van der Waals surface area contributed by atoms with Crippen LogP contribution in [0.1, 0.15) is 5.82 Å². The molecule has 1 amide bonds. The van der Waals surface area contributed by atoms with Crippen molar-refractivity contribution in [1.82, 2.24) is 14.8 Å². The van der Waals surface area contributed by atoms with Gasteiger partial charge in [-0.05, 0) is 36.4 Å². The smallest absolute Gasteiger partial charge is 0.269 e. The Morgan fingerprint density at radius 2 is 1.94 bits per heavy atom. The fraction of sp³-hybridized carbons (Fsp3) is 0.150. The number of anilines is 1. The molecule has 1 heterocycles. The van der Waals surface area contributed by atoms with Crippen molar-refractivity contribution in [3.63, 3.8) is 0 Å². The number of nitro benzene ring substituents is 1. The number of benzene rings is 2. The summed E-state index contributed by atoms with van der Waals surface area (Å²) in [6.07, 6.45) is 1.67. The predicted molar refractivity (Wildman–Crippen MR) is 113 cm³/mol. The average Bonchev–Trinajstić information content (AvgIpc) is 3.14. The maximum absolute atomic E-state index is 13.0. The second-order valence-electron chi connectivity index (χ2n) is 6.18. The number of hydrogen-bond acceptors (Lipinski definition) is 7. The summed E-state index contributed by atoms with van der Waals surface area (Å²) in [5.74, 6) is 0.433. The van der Waals surface area contributed by atoms with Gasteiger partial charge in [-0.1, -0.05) is 17.8 Å². The molecule has 0 radical (unpaired) electrons. The van der Waals surface area contributed by atoms with E-state index in [0.717, 1.165) is 0 Å². The largest absolute Gasteiger partial charge is 0.486 e. The maximum Gasteiger partial charge on any atom is 0.269 e. The van der Waals surface area contributed by atoms with Crippen LogP contribution in [0.15, 0.2) is 66.3 Å². The molecular weight excluding hydrogens is 425 g/mol. The van der Waals surface area contributed by atoms with E-state index in [0.29, 0.717) is 29.0 Å². The van der Waals surface area contributed by atoms with E-state index in [1.54, 1.807) is 10.6 Å². The Bertz CT molecular complexity index is 1070. The van der Waals surface area contributed by atoms with Gasteiger partial charge in [-0.3, -0.25) is 19.5 Å². The summed E-state index contributed by atoms with van der Waals surface area (Å²) in [6.45, 7) is 4.25. The average molecular weight is 443 g/mol. The molecule has 9 nitrogen and oxygen atoms in total. The molecule has 160 valence electrons. The van der Waals surface area contributed by atoms with Crippen LogP contribution in [0.2, 0.25) is 0 Å². The summed E-state index contributed by atoms with van der Waals surface area (Å²) < 4.78 is 20.4. The minimum Gasteiger partial charge on any atom is -0.486 e. The van der Waals surface area contributed by atoms with Gasteiger partial charge in [0.05, 0.1) is 10.7 Å². The van der Waals surface area contributed by atoms with E-state index in [1.807, 2.05) is 0 Å². The molecule has 1 N–H and O–H groups in total. The molecule has 0 saturated heterocycles. The summed E-state index contributed by atoms with van der Waals surface area (Å²) >= 11 is 1.18. The molecule has 0 aliphatic rings. The fourth-order valence-corrected chi connectivity index (χ4v) is 3.28. The Kier molecular flexibility index (Phi) is 7.33. The van der Waals surface area contributed by atoms with Gasteiger partial charge in [-0.25, -0.2) is 4.39 Å². The van der Waals surface area contributed by atoms with Crippen molar-refractivity contribution in [3.05, 3.63) is 82.9 Å². The van der Waals surface area contributed by atoms with Crippen LogP contribution in [0.3, 0.4) is 0 Å². The van der Waals surface area contributed by atoms with Crippen molar-refractivity contribution in [1.29, 1.82) is 0 Å². The molecule has 1 aromatic heterocycles. The lowest BCUT2D eigenvalue weighted by Gasteiger charge is -2.09. The van der Waals surface area contributed by atoms with Crippen molar-refractivity contribution < 1.29 is 18.8 Å². The normalized spacial score (nSPS) is 10.5. The molecule has 0 atom stereocenters. The predicted octanol–water partition coefficient (Wildman–Crippen LogP) is 3.82. The van der Waals surface area contributed by atoms with Gasteiger partial charge in [0, 0.05) is 24.4 Å². The number of ether oxygens (including phenoxy) is 1. The molecule has 0 aliphatic carbocycles. The zero-order valence-corrected chi connectivity index (χ0v) is 17.0. The van der Waals surface area contributed by atoms with Crippen LogP contribution in [-0.2, 0) is 17.9 Å². The van der Waals surface area contributed by atoms with Crippen LogP contribution in [-0.4, -0.2) is 31.3 Å². The number of aromatic nitrogens is 3. The van der Waals surface area contributed by atoms with Crippen molar-refractivity contribution >= 4 is 29.0 Å². The number of rotatable bonds is 10. The van der Waals surface area contributed by atoms with Crippen LogP contribution in [0.5, 0.6) is 5.75 Å². The first kappa shape index (κ1) is 22.0. The molecule has 0 fully saturated rings. The van der Waals surface area contributed by atoms with E-state index in [1.165, 1.54) is 60.3 Å². The number of non-ortho nitro benzene ring substituents is 1. The van der Waals surface area contributed by atoms with E-state index >= 15 is 0 Å². The summed E-state index contributed by atoms with van der Waals surface area (Å²) in [4.78, 5) is 22.4. The van der Waals surface area contributed by atoms with Gasteiger partial charge in [0.25, 0.3) is 5.69 Å². The van der Waals surface area contributed by atoms with E-state index in [4.69, 9.17) is 4.74 Å². The van der Waals surface area contributed by atoms with E-state index in [9.17, 15) is 19.3 Å². The van der Waals surface area contributed by atoms with Gasteiger partial charge >= 0.3 is 0 Å². The second-order valence-corrected chi connectivity index (χ2v) is 7.12. The van der Waals surface area contributed by atoms with Crippen molar-refractivity contribution in [2.45, 2.75) is 18.3 Å². The number of halogens is 1.